The number of aliphatic hydroxyl groups is 1. The van der Waals surface area contributed by atoms with E-state index in [9.17, 15) is 14.7 Å². The molecule has 37 heavy (non-hydrogen) atoms. The van der Waals surface area contributed by atoms with E-state index in [-0.39, 0.29) is 22.5 Å². The van der Waals surface area contributed by atoms with E-state index in [1.54, 1.807) is 51.2 Å². The zero-order valence-corrected chi connectivity index (χ0v) is 23.6. The average molecular weight is 553 g/mol. The van der Waals surface area contributed by atoms with Crippen LogP contribution in [0.5, 0.6) is 0 Å². The van der Waals surface area contributed by atoms with Crippen molar-refractivity contribution in [2.75, 3.05) is 18.9 Å². The Hall–Kier alpha value is -2.19. The predicted octanol–water partition coefficient (Wildman–Crippen LogP) is 5.06. The molecule has 0 aliphatic carbocycles. The van der Waals surface area contributed by atoms with Crippen LogP contribution in [0.2, 0.25) is 10.0 Å². The Kier molecular flexibility index (Phi) is 8.64. The second-order valence-electron chi connectivity index (χ2n) is 11.6. The second-order valence-corrected chi connectivity index (χ2v) is 12.4. The molecule has 1 saturated heterocycles. The highest BCUT2D eigenvalue weighted by molar-refractivity contribution is 6.31. The van der Waals surface area contributed by atoms with Gasteiger partial charge in [-0.2, -0.15) is 0 Å². The maximum absolute atomic E-state index is 15.7. The molecule has 1 aliphatic heterocycles. The third kappa shape index (κ3) is 6.11. The molecule has 0 radical (unpaired) electrons. The number of anilines is 1. The van der Waals surface area contributed by atoms with Crippen LogP contribution in [-0.2, 0) is 15.0 Å². The van der Waals surface area contributed by atoms with Gasteiger partial charge < -0.3 is 25.9 Å². The van der Waals surface area contributed by atoms with Gasteiger partial charge >= 0.3 is 0 Å². The SMILES string of the molecule is CNc1cc(Cl)ccc1C1(C=O)C(CC(C)(C)C)NC(C(=O)NCC(C)(C)O)C1c1cccc(Cl)c1F. The van der Waals surface area contributed by atoms with Gasteiger partial charge in [0.05, 0.1) is 22.1 Å². The molecule has 1 amide bonds. The summed E-state index contributed by atoms with van der Waals surface area (Å²) in [6.45, 7) is 9.27. The summed E-state index contributed by atoms with van der Waals surface area (Å²) in [5.41, 5.74) is -1.41. The number of carbonyl (C=O) groups is 2. The Morgan fingerprint density at radius 3 is 2.43 bits per heavy atom. The molecule has 0 aromatic heterocycles. The first-order valence-electron chi connectivity index (χ1n) is 12.3. The molecular formula is C28H36Cl2FN3O3. The fourth-order valence-corrected chi connectivity index (χ4v) is 5.65. The van der Waals surface area contributed by atoms with Gasteiger partial charge in [-0.25, -0.2) is 4.39 Å². The van der Waals surface area contributed by atoms with E-state index >= 15 is 4.39 Å². The number of hydrogen-bond acceptors (Lipinski definition) is 5. The number of hydrogen-bond donors (Lipinski definition) is 4. The Labute approximate surface area is 228 Å². The fraction of sp³-hybridized carbons (Fsp3) is 0.500. The summed E-state index contributed by atoms with van der Waals surface area (Å²) in [7, 11) is 1.72. The minimum absolute atomic E-state index is 0.0184. The lowest BCUT2D eigenvalue weighted by molar-refractivity contribution is -0.124. The van der Waals surface area contributed by atoms with Crippen LogP contribution in [0.3, 0.4) is 0 Å². The lowest BCUT2D eigenvalue weighted by Gasteiger charge is -2.39. The van der Waals surface area contributed by atoms with Crippen LogP contribution < -0.4 is 16.0 Å². The maximum atomic E-state index is 15.7. The van der Waals surface area contributed by atoms with Crippen LogP contribution in [0.25, 0.3) is 0 Å². The molecule has 2 aromatic carbocycles. The molecule has 2 aromatic rings. The van der Waals surface area contributed by atoms with Crippen molar-refractivity contribution in [1.82, 2.24) is 10.6 Å². The largest absolute Gasteiger partial charge is 0.389 e. The monoisotopic (exact) mass is 551 g/mol. The molecule has 202 valence electrons. The van der Waals surface area contributed by atoms with E-state index in [0.29, 0.717) is 22.7 Å². The highest BCUT2D eigenvalue weighted by atomic mass is 35.5. The number of carbonyl (C=O) groups excluding carboxylic acids is 2. The summed E-state index contributed by atoms with van der Waals surface area (Å²) in [5, 5.41) is 19.9. The van der Waals surface area contributed by atoms with E-state index in [1.165, 1.54) is 6.07 Å². The van der Waals surface area contributed by atoms with Gasteiger partial charge in [0.1, 0.15) is 12.1 Å². The van der Waals surface area contributed by atoms with Gasteiger partial charge in [0.25, 0.3) is 0 Å². The van der Waals surface area contributed by atoms with Crippen molar-refractivity contribution in [2.45, 2.75) is 70.1 Å². The minimum atomic E-state index is -1.36. The van der Waals surface area contributed by atoms with Crippen LogP contribution in [0.15, 0.2) is 36.4 Å². The van der Waals surface area contributed by atoms with Gasteiger partial charge in [0, 0.05) is 36.3 Å². The first-order valence-corrected chi connectivity index (χ1v) is 13.0. The van der Waals surface area contributed by atoms with E-state index in [4.69, 9.17) is 23.2 Å². The van der Waals surface area contributed by atoms with E-state index in [1.807, 2.05) is 20.8 Å². The molecule has 9 heteroatoms. The van der Waals surface area contributed by atoms with Crippen LogP contribution in [0.4, 0.5) is 10.1 Å². The smallest absolute Gasteiger partial charge is 0.237 e. The topological polar surface area (TPSA) is 90.5 Å². The molecule has 0 saturated carbocycles. The van der Waals surface area contributed by atoms with Gasteiger partial charge in [-0.05, 0) is 55.0 Å². The van der Waals surface area contributed by atoms with Gasteiger partial charge in [-0.15, -0.1) is 0 Å². The van der Waals surface area contributed by atoms with Crippen LogP contribution in [-0.4, -0.2) is 48.6 Å². The van der Waals surface area contributed by atoms with Crippen molar-refractivity contribution >= 4 is 41.1 Å². The van der Waals surface area contributed by atoms with Gasteiger partial charge in [0.2, 0.25) is 5.91 Å². The van der Waals surface area contributed by atoms with Crippen LogP contribution in [0.1, 0.15) is 58.1 Å². The first-order chi connectivity index (χ1) is 17.1. The van der Waals surface area contributed by atoms with E-state index < -0.39 is 40.7 Å². The standard InChI is InChI=1S/C28H36Cl2FN3O3/c1-26(2,3)13-21-28(15-35,18-11-10-16(29)12-20(18)32-6)22(17-8-7-9-19(30)23(17)31)24(34-21)25(36)33-14-27(4,5)37/h7-12,15,21-22,24,32,34,37H,13-14H2,1-6H3,(H,33,36). The van der Waals surface area contributed by atoms with E-state index in [0.717, 1.165) is 6.29 Å². The molecule has 0 spiro atoms. The highest BCUT2D eigenvalue weighted by Crippen LogP contribution is 2.53. The summed E-state index contributed by atoms with van der Waals surface area (Å²) in [5.74, 6) is -2.08. The molecule has 1 heterocycles. The molecule has 3 rings (SSSR count). The summed E-state index contributed by atoms with van der Waals surface area (Å²) < 4.78 is 15.7. The fourth-order valence-electron chi connectivity index (χ4n) is 5.30. The Bertz CT molecular complexity index is 1160. The van der Waals surface area contributed by atoms with Crippen molar-refractivity contribution < 1.29 is 19.1 Å². The lowest BCUT2D eigenvalue weighted by Crippen LogP contribution is -2.49. The quantitative estimate of drug-likeness (QED) is 0.344. The molecule has 4 atom stereocenters. The predicted molar refractivity (Wildman–Crippen MR) is 147 cm³/mol. The van der Waals surface area contributed by atoms with Gasteiger partial charge in [-0.1, -0.05) is 62.2 Å². The van der Waals surface area contributed by atoms with Gasteiger partial charge in [0.15, 0.2) is 0 Å². The lowest BCUT2D eigenvalue weighted by atomic mass is 9.62. The zero-order chi connectivity index (χ0) is 27.8. The molecular weight excluding hydrogens is 516 g/mol. The minimum Gasteiger partial charge on any atom is -0.389 e. The Morgan fingerprint density at radius 2 is 1.86 bits per heavy atom. The molecule has 4 N–H and O–H groups in total. The number of benzene rings is 2. The third-order valence-electron chi connectivity index (χ3n) is 6.83. The number of nitrogens with one attached hydrogen (secondary N) is 3. The molecule has 1 aliphatic rings. The summed E-state index contributed by atoms with van der Waals surface area (Å²) in [6, 6.07) is 8.23. The molecule has 0 bridgehead atoms. The van der Waals surface area contributed by atoms with E-state index in [2.05, 4.69) is 16.0 Å². The average Bonchev–Trinajstić information content (AvgIpc) is 3.11. The molecule has 6 nitrogen and oxygen atoms in total. The number of aldehydes is 1. The third-order valence-corrected chi connectivity index (χ3v) is 7.36. The normalized spacial score (nSPS) is 24.1. The summed E-state index contributed by atoms with van der Waals surface area (Å²) in [6.07, 6.45) is 1.33. The Morgan fingerprint density at radius 1 is 1.19 bits per heavy atom. The van der Waals surface area contributed by atoms with Crippen molar-refractivity contribution in [3.63, 3.8) is 0 Å². The highest BCUT2D eigenvalue weighted by Gasteiger charge is 2.60. The summed E-state index contributed by atoms with van der Waals surface area (Å²) in [4.78, 5) is 27.1. The van der Waals surface area contributed by atoms with Crippen LogP contribution >= 0.6 is 23.2 Å². The number of halogens is 3. The number of amides is 1. The van der Waals surface area contributed by atoms with Crippen molar-refractivity contribution in [3.8, 4) is 0 Å². The molecule has 1 fully saturated rings. The van der Waals surface area contributed by atoms with Crippen molar-refractivity contribution in [3.05, 3.63) is 63.4 Å². The first kappa shape index (κ1) is 29.4. The second kappa shape index (κ2) is 10.9. The summed E-state index contributed by atoms with van der Waals surface area (Å²) >= 11 is 12.5. The van der Waals surface area contributed by atoms with Crippen LogP contribution in [0, 0.1) is 11.2 Å². The van der Waals surface area contributed by atoms with Gasteiger partial charge in [-0.3, -0.25) is 4.79 Å². The number of rotatable bonds is 8. The zero-order valence-electron chi connectivity index (χ0n) is 22.1. The van der Waals surface area contributed by atoms with Crippen molar-refractivity contribution in [1.29, 1.82) is 0 Å². The van der Waals surface area contributed by atoms with Crippen molar-refractivity contribution in [2.24, 2.45) is 5.41 Å². The Balaban J connectivity index is 2.34. The molecule has 4 unspecified atom stereocenters. The maximum Gasteiger partial charge on any atom is 0.237 e.